The van der Waals surface area contributed by atoms with Gasteiger partial charge in [0.15, 0.2) is 28.8 Å². The quantitative estimate of drug-likeness (QED) is 0.500. The standard InChI is InChI=1S/C20H20O8/c1-8(2)9-5-11(21)12(22)6-10(9)19-20(27-4)18(25)15-13(28-19)7-14(26-3)16(23)17(15)24/h5-8,21-24H,1-4H3. The van der Waals surface area contributed by atoms with Gasteiger partial charge in [-0.1, -0.05) is 13.8 Å². The van der Waals surface area contributed by atoms with E-state index in [0.29, 0.717) is 11.1 Å². The van der Waals surface area contributed by atoms with Gasteiger partial charge in [0, 0.05) is 11.6 Å². The fourth-order valence-electron chi connectivity index (χ4n) is 3.07. The molecule has 1 aromatic heterocycles. The average molecular weight is 388 g/mol. The normalized spacial score (nSPS) is 11.2. The highest BCUT2D eigenvalue weighted by Gasteiger charge is 2.25. The number of aromatic hydroxyl groups is 4. The van der Waals surface area contributed by atoms with Crippen molar-refractivity contribution in [3.8, 4) is 45.8 Å². The molecule has 4 N–H and O–H groups in total. The first kappa shape index (κ1) is 19.2. The average Bonchev–Trinajstić information content (AvgIpc) is 2.65. The molecule has 8 heteroatoms. The summed E-state index contributed by atoms with van der Waals surface area (Å²) < 4.78 is 16.1. The van der Waals surface area contributed by atoms with Gasteiger partial charge in [-0.3, -0.25) is 4.79 Å². The molecule has 0 aliphatic heterocycles. The molecule has 0 bridgehead atoms. The third-order valence-corrected chi connectivity index (χ3v) is 4.49. The summed E-state index contributed by atoms with van der Waals surface area (Å²) in [7, 11) is 2.55. The van der Waals surface area contributed by atoms with Gasteiger partial charge in [-0.05, 0) is 23.6 Å². The van der Waals surface area contributed by atoms with Crippen molar-refractivity contribution < 1.29 is 34.3 Å². The van der Waals surface area contributed by atoms with Crippen LogP contribution in [0.5, 0.6) is 34.5 Å². The number of phenols is 4. The number of hydrogen-bond acceptors (Lipinski definition) is 8. The highest BCUT2D eigenvalue weighted by Crippen LogP contribution is 2.45. The molecule has 3 rings (SSSR count). The number of hydrogen-bond donors (Lipinski definition) is 4. The lowest BCUT2D eigenvalue weighted by atomic mass is 9.94. The van der Waals surface area contributed by atoms with E-state index in [-0.39, 0.29) is 39.9 Å². The molecule has 0 fully saturated rings. The zero-order chi connectivity index (χ0) is 20.7. The number of ether oxygens (including phenoxy) is 2. The molecule has 0 aliphatic rings. The van der Waals surface area contributed by atoms with Gasteiger partial charge in [0.05, 0.1) is 14.2 Å². The molecule has 148 valence electrons. The Morgan fingerprint density at radius 1 is 0.929 bits per heavy atom. The Morgan fingerprint density at radius 3 is 2.14 bits per heavy atom. The summed E-state index contributed by atoms with van der Waals surface area (Å²) >= 11 is 0. The largest absolute Gasteiger partial charge is 0.504 e. The summed E-state index contributed by atoms with van der Waals surface area (Å²) in [4.78, 5) is 13.0. The topological polar surface area (TPSA) is 130 Å². The molecule has 0 spiro atoms. The molecule has 2 aromatic carbocycles. The number of fused-ring (bicyclic) bond motifs is 1. The smallest absolute Gasteiger partial charge is 0.239 e. The minimum absolute atomic E-state index is 0.00569. The lowest BCUT2D eigenvalue weighted by Gasteiger charge is -2.17. The van der Waals surface area contributed by atoms with Crippen molar-refractivity contribution in [2.45, 2.75) is 19.8 Å². The Balaban J connectivity index is 2.48. The van der Waals surface area contributed by atoms with Crippen LogP contribution >= 0.6 is 0 Å². The first-order chi connectivity index (χ1) is 13.2. The minimum atomic E-state index is -0.712. The number of benzene rings is 2. The van der Waals surface area contributed by atoms with E-state index >= 15 is 0 Å². The molecule has 8 nitrogen and oxygen atoms in total. The molecule has 0 saturated carbocycles. The monoisotopic (exact) mass is 388 g/mol. The SMILES string of the molecule is COc1cc2oc(-c3cc(O)c(O)cc3C(C)C)c(OC)c(=O)c2c(O)c1O. The summed E-state index contributed by atoms with van der Waals surface area (Å²) in [6.07, 6.45) is 0. The van der Waals surface area contributed by atoms with Gasteiger partial charge in [0.25, 0.3) is 0 Å². The van der Waals surface area contributed by atoms with Crippen molar-refractivity contribution in [1.82, 2.24) is 0 Å². The lowest BCUT2D eigenvalue weighted by molar-refractivity contribution is 0.351. The molecule has 0 radical (unpaired) electrons. The maximum atomic E-state index is 13.0. The van der Waals surface area contributed by atoms with Crippen LogP contribution in [0.15, 0.2) is 27.4 Å². The van der Waals surface area contributed by atoms with Crippen LogP contribution in [0.1, 0.15) is 25.3 Å². The van der Waals surface area contributed by atoms with Gasteiger partial charge >= 0.3 is 0 Å². The summed E-state index contributed by atoms with van der Waals surface area (Å²) in [6.45, 7) is 3.74. The minimum Gasteiger partial charge on any atom is -0.504 e. The predicted octanol–water partition coefficient (Wildman–Crippen LogP) is 3.42. The third-order valence-electron chi connectivity index (χ3n) is 4.49. The second kappa shape index (κ2) is 6.88. The summed E-state index contributed by atoms with van der Waals surface area (Å²) in [5.41, 5.74) is 0.186. The highest BCUT2D eigenvalue weighted by atomic mass is 16.5. The lowest BCUT2D eigenvalue weighted by Crippen LogP contribution is -2.09. The molecular weight excluding hydrogens is 368 g/mol. The van der Waals surface area contributed by atoms with Crippen LogP contribution < -0.4 is 14.9 Å². The summed E-state index contributed by atoms with van der Waals surface area (Å²) in [5.74, 6) is -2.37. The maximum absolute atomic E-state index is 13.0. The van der Waals surface area contributed by atoms with Crippen molar-refractivity contribution in [1.29, 1.82) is 0 Å². The molecule has 0 aliphatic carbocycles. The first-order valence-corrected chi connectivity index (χ1v) is 8.41. The first-order valence-electron chi connectivity index (χ1n) is 8.41. The Morgan fingerprint density at radius 2 is 1.57 bits per heavy atom. The zero-order valence-corrected chi connectivity index (χ0v) is 15.7. The van der Waals surface area contributed by atoms with E-state index in [4.69, 9.17) is 13.9 Å². The van der Waals surface area contributed by atoms with Gasteiger partial charge in [-0.2, -0.15) is 0 Å². The molecule has 0 unspecified atom stereocenters. The number of methoxy groups -OCH3 is 2. The predicted molar refractivity (Wildman–Crippen MR) is 102 cm³/mol. The van der Waals surface area contributed by atoms with Crippen LogP contribution in [0.4, 0.5) is 0 Å². The van der Waals surface area contributed by atoms with Crippen LogP contribution in [0.3, 0.4) is 0 Å². The Labute approximate surface area is 159 Å². The molecule has 28 heavy (non-hydrogen) atoms. The molecule has 1 heterocycles. The number of phenolic OH excluding ortho intramolecular Hbond substituents is 4. The van der Waals surface area contributed by atoms with Gasteiger partial charge in [-0.15, -0.1) is 0 Å². The Hall–Kier alpha value is -3.55. The fraction of sp³-hybridized carbons (Fsp3) is 0.250. The van der Waals surface area contributed by atoms with Crippen molar-refractivity contribution in [2.24, 2.45) is 0 Å². The van der Waals surface area contributed by atoms with Crippen molar-refractivity contribution in [3.05, 3.63) is 34.0 Å². The van der Waals surface area contributed by atoms with Gasteiger partial charge < -0.3 is 34.3 Å². The molecule has 0 amide bonds. The van der Waals surface area contributed by atoms with E-state index in [1.165, 1.54) is 32.4 Å². The van der Waals surface area contributed by atoms with Crippen LogP contribution in [0.2, 0.25) is 0 Å². The second-order valence-electron chi connectivity index (χ2n) is 6.53. The van der Waals surface area contributed by atoms with Gasteiger partial charge in [0.1, 0.15) is 11.0 Å². The fourth-order valence-corrected chi connectivity index (χ4v) is 3.07. The highest BCUT2D eigenvalue weighted by molar-refractivity contribution is 5.91. The molecule has 0 saturated heterocycles. The molecule has 0 atom stereocenters. The van der Waals surface area contributed by atoms with Crippen LogP contribution in [-0.4, -0.2) is 34.6 Å². The number of rotatable bonds is 4. The van der Waals surface area contributed by atoms with E-state index in [1.807, 2.05) is 13.8 Å². The zero-order valence-electron chi connectivity index (χ0n) is 15.7. The van der Waals surface area contributed by atoms with Gasteiger partial charge in [0.2, 0.25) is 16.9 Å². The molecule has 3 aromatic rings. The van der Waals surface area contributed by atoms with Gasteiger partial charge in [-0.25, -0.2) is 0 Å². The van der Waals surface area contributed by atoms with Crippen LogP contribution in [0, 0.1) is 0 Å². The molecular formula is C20H20O8. The Bertz CT molecular complexity index is 1130. The van der Waals surface area contributed by atoms with E-state index in [1.54, 1.807) is 0 Å². The summed E-state index contributed by atoms with van der Waals surface area (Å²) in [5, 5.41) is 39.8. The van der Waals surface area contributed by atoms with E-state index in [2.05, 4.69) is 0 Å². The second-order valence-corrected chi connectivity index (χ2v) is 6.53. The maximum Gasteiger partial charge on any atom is 0.239 e. The Kier molecular flexibility index (Phi) is 4.72. The van der Waals surface area contributed by atoms with E-state index < -0.39 is 22.7 Å². The van der Waals surface area contributed by atoms with Crippen LogP contribution in [0.25, 0.3) is 22.3 Å². The van der Waals surface area contributed by atoms with Crippen molar-refractivity contribution >= 4 is 11.0 Å². The van der Waals surface area contributed by atoms with Crippen molar-refractivity contribution in [3.63, 3.8) is 0 Å². The summed E-state index contributed by atoms with van der Waals surface area (Å²) in [6, 6.07) is 3.92. The van der Waals surface area contributed by atoms with E-state index in [9.17, 15) is 25.2 Å². The van der Waals surface area contributed by atoms with E-state index in [0.717, 1.165) is 0 Å². The van der Waals surface area contributed by atoms with Crippen LogP contribution in [-0.2, 0) is 0 Å². The van der Waals surface area contributed by atoms with Crippen molar-refractivity contribution in [2.75, 3.05) is 14.2 Å². The third kappa shape index (κ3) is 2.83.